The topological polar surface area (TPSA) is 72.6 Å². The number of carbonyl (C=O) groups excluding carboxylic acids is 2. The number of halogens is 1. The summed E-state index contributed by atoms with van der Waals surface area (Å²) in [7, 11) is 0. The van der Waals surface area contributed by atoms with Crippen LogP contribution in [0.15, 0.2) is 24.3 Å². The van der Waals surface area contributed by atoms with E-state index in [1.165, 1.54) is 0 Å². The summed E-state index contributed by atoms with van der Waals surface area (Å²) in [6, 6.07) is 6.70. The summed E-state index contributed by atoms with van der Waals surface area (Å²) < 4.78 is 5.37. The van der Waals surface area contributed by atoms with Crippen molar-refractivity contribution in [2.45, 2.75) is 12.5 Å². The van der Waals surface area contributed by atoms with E-state index in [-0.39, 0.29) is 19.1 Å². The number of hydrogen-bond donors (Lipinski definition) is 1. The molecular formula is C13H15ClN2O3. The number of carbonyl (C=O) groups is 2. The highest BCUT2D eigenvalue weighted by Gasteiger charge is 2.39. The fourth-order valence-corrected chi connectivity index (χ4v) is 2.19. The average molecular weight is 283 g/mol. The highest BCUT2D eigenvalue weighted by atomic mass is 35.5. The molecule has 1 saturated heterocycles. The first kappa shape index (κ1) is 13.8. The van der Waals surface area contributed by atoms with Crippen LogP contribution in [-0.2, 0) is 9.53 Å². The molecule has 1 fully saturated rings. The van der Waals surface area contributed by atoms with Gasteiger partial charge in [0.05, 0.1) is 13.2 Å². The van der Waals surface area contributed by atoms with Crippen LogP contribution >= 0.6 is 11.6 Å². The molecule has 0 aromatic heterocycles. The molecule has 1 atom stereocenters. The van der Waals surface area contributed by atoms with Gasteiger partial charge < -0.3 is 15.4 Å². The first-order valence-electron chi connectivity index (χ1n) is 5.91. The van der Waals surface area contributed by atoms with E-state index in [1.807, 2.05) is 0 Å². The van der Waals surface area contributed by atoms with Crippen molar-refractivity contribution in [2.75, 3.05) is 19.7 Å². The van der Waals surface area contributed by atoms with E-state index in [0.29, 0.717) is 17.1 Å². The molecule has 2 rings (SSSR count). The quantitative estimate of drug-likeness (QED) is 0.881. The lowest BCUT2D eigenvalue weighted by Gasteiger charge is -2.38. The zero-order valence-corrected chi connectivity index (χ0v) is 11.3. The summed E-state index contributed by atoms with van der Waals surface area (Å²) in [6.45, 7) is 2.44. The smallest absolute Gasteiger partial charge is 0.254 e. The van der Waals surface area contributed by atoms with Crippen LogP contribution in [0.5, 0.6) is 0 Å². The number of nitrogens with zero attached hydrogens (tertiary/aromatic N) is 1. The number of primary amides is 1. The highest BCUT2D eigenvalue weighted by molar-refractivity contribution is 6.30. The fourth-order valence-electron chi connectivity index (χ4n) is 2.00. The Morgan fingerprint density at radius 2 is 2.21 bits per heavy atom. The second kappa shape index (κ2) is 5.19. The molecule has 1 aliphatic heterocycles. The maximum Gasteiger partial charge on any atom is 0.254 e. The Hall–Kier alpha value is -1.59. The van der Waals surface area contributed by atoms with Gasteiger partial charge in [-0.05, 0) is 25.1 Å². The van der Waals surface area contributed by atoms with Crippen LogP contribution in [-0.4, -0.2) is 42.0 Å². The van der Waals surface area contributed by atoms with Gasteiger partial charge in [0.15, 0.2) is 5.60 Å². The lowest BCUT2D eigenvalue weighted by molar-refractivity contribution is -0.150. The van der Waals surface area contributed by atoms with Crippen molar-refractivity contribution in [3.63, 3.8) is 0 Å². The number of nitrogens with two attached hydrogens (primary N) is 1. The number of rotatable bonds is 2. The number of hydrogen-bond acceptors (Lipinski definition) is 3. The standard InChI is InChI=1S/C13H15ClN2O3/c1-13(12(15)18)8-16(5-6-19-13)11(17)9-3-2-4-10(14)7-9/h2-4,7H,5-6,8H2,1H3,(H2,15,18)/t13-/m1/s1. The van der Waals surface area contributed by atoms with Crippen LogP contribution in [0.4, 0.5) is 0 Å². The van der Waals surface area contributed by atoms with Gasteiger partial charge in [0, 0.05) is 17.1 Å². The molecule has 0 spiro atoms. The summed E-state index contributed by atoms with van der Waals surface area (Å²) in [5.74, 6) is -0.755. The SMILES string of the molecule is C[C@]1(C(N)=O)CN(C(=O)c2cccc(Cl)c2)CCO1. The van der Waals surface area contributed by atoms with Crippen molar-refractivity contribution >= 4 is 23.4 Å². The lowest BCUT2D eigenvalue weighted by atomic mass is 10.0. The molecule has 1 aliphatic rings. The van der Waals surface area contributed by atoms with E-state index in [2.05, 4.69) is 0 Å². The van der Waals surface area contributed by atoms with E-state index in [0.717, 1.165) is 0 Å². The zero-order chi connectivity index (χ0) is 14.0. The molecule has 5 nitrogen and oxygen atoms in total. The molecule has 0 saturated carbocycles. The molecule has 102 valence electrons. The Balaban J connectivity index is 2.18. The van der Waals surface area contributed by atoms with Crippen LogP contribution in [0.3, 0.4) is 0 Å². The van der Waals surface area contributed by atoms with E-state index in [1.54, 1.807) is 36.1 Å². The predicted molar refractivity (Wildman–Crippen MR) is 70.9 cm³/mol. The average Bonchev–Trinajstić information content (AvgIpc) is 2.38. The Labute approximate surface area is 116 Å². The van der Waals surface area contributed by atoms with Crippen molar-refractivity contribution < 1.29 is 14.3 Å². The third-order valence-electron chi connectivity index (χ3n) is 3.15. The normalized spacial score (nSPS) is 23.2. The molecule has 6 heteroatoms. The summed E-state index contributed by atoms with van der Waals surface area (Å²) >= 11 is 5.86. The minimum Gasteiger partial charge on any atom is -0.367 e. The second-order valence-corrected chi connectivity index (χ2v) is 5.12. The van der Waals surface area contributed by atoms with Crippen molar-refractivity contribution in [2.24, 2.45) is 5.73 Å². The van der Waals surface area contributed by atoms with Crippen LogP contribution < -0.4 is 5.73 Å². The van der Waals surface area contributed by atoms with Crippen molar-refractivity contribution in [3.8, 4) is 0 Å². The van der Waals surface area contributed by atoms with Gasteiger partial charge >= 0.3 is 0 Å². The summed E-state index contributed by atoms with van der Waals surface area (Å²) in [6.07, 6.45) is 0. The molecule has 2 N–H and O–H groups in total. The van der Waals surface area contributed by atoms with Crippen molar-refractivity contribution in [3.05, 3.63) is 34.9 Å². The zero-order valence-electron chi connectivity index (χ0n) is 10.6. The minimum absolute atomic E-state index is 0.147. The van der Waals surface area contributed by atoms with Gasteiger partial charge in [-0.25, -0.2) is 0 Å². The molecule has 1 aromatic carbocycles. The van der Waals surface area contributed by atoms with Crippen molar-refractivity contribution in [1.82, 2.24) is 4.90 Å². The molecule has 1 aromatic rings. The molecule has 0 unspecified atom stereocenters. The Morgan fingerprint density at radius 1 is 1.47 bits per heavy atom. The molecular weight excluding hydrogens is 268 g/mol. The van der Waals surface area contributed by atoms with Crippen LogP contribution in [0.1, 0.15) is 17.3 Å². The monoisotopic (exact) mass is 282 g/mol. The second-order valence-electron chi connectivity index (χ2n) is 4.68. The summed E-state index contributed by atoms with van der Waals surface area (Å²) in [5, 5.41) is 0.497. The molecule has 0 bridgehead atoms. The van der Waals surface area contributed by atoms with Crippen LogP contribution in [0.2, 0.25) is 5.02 Å². The van der Waals surface area contributed by atoms with Crippen LogP contribution in [0, 0.1) is 0 Å². The molecule has 0 aliphatic carbocycles. The maximum absolute atomic E-state index is 12.3. The fraction of sp³-hybridized carbons (Fsp3) is 0.385. The third-order valence-corrected chi connectivity index (χ3v) is 3.39. The molecule has 19 heavy (non-hydrogen) atoms. The van der Waals surface area contributed by atoms with Gasteiger partial charge in [-0.1, -0.05) is 17.7 Å². The van der Waals surface area contributed by atoms with Gasteiger partial charge in [-0.2, -0.15) is 0 Å². The van der Waals surface area contributed by atoms with Gasteiger partial charge in [-0.15, -0.1) is 0 Å². The van der Waals surface area contributed by atoms with Gasteiger partial charge in [0.25, 0.3) is 11.8 Å². The van der Waals surface area contributed by atoms with Crippen LogP contribution in [0.25, 0.3) is 0 Å². The Bertz CT molecular complexity index is 520. The number of morpholine rings is 1. The predicted octanol–water partition coefficient (Wildman–Crippen LogP) is 1.06. The van der Waals surface area contributed by atoms with E-state index < -0.39 is 11.5 Å². The summed E-state index contributed by atoms with van der Waals surface area (Å²) in [4.78, 5) is 25.3. The Kier molecular flexibility index (Phi) is 3.78. The van der Waals surface area contributed by atoms with Gasteiger partial charge in [-0.3, -0.25) is 9.59 Å². The first-order chi connectivity index (χ1) is 8.92. The number of amides is 2. The van der Waals surface area contributed by atoms with E-state index >= 15 is 0 Å². The molecule has 2 amide bonds. The van der Waals surface area contributed by atoms with Crippen molar-refractivity contribution in [1.29, 1.82) is 0 Å². The first-order valence-corrected chi connectivity index (χ1v) is 6.29. The molecule has 0 radical (unpaired) electrons. The van der Waals surface area contributed by atoms with Gasteiger partial charge in [0.2, 0.25) is 0 Å². The maximum atomic E-state index is 12.3. The third kappa shape index (κ3) is 2.88. The number of benzene rings is 1. The van der Waals surface area contributed by atoms with Gasteiger partial charge in [0.1, 0.15) is 0 Å². The molecule has 1 heterocycles. The Morgan fingerprint density at radius 3 is 2.84 bits per heavy atom. The minimum atomic E-state index is -1.13. The highest BCUT2D eigenvalue weighted by Crippen LogP contribution is 2.20. The lowest BCUT2D eigenvalue weighted by Crippen LogP contribution is -2.58. The summed E-state index contributed by atoms with van der Waals surface area (Å²) in [5.41, 5.74) is 4.66. The van der Waals surface area contributed by atoms with E-state index in [9.17, 15) is 9.59 Å². The largest absolute Gasteiger partial charge is 0.367 e. The number of ether oxygens (including phenoxy) is 1. The van der Waals surface area contributed by atoms with E-state index in [4.69, 9.17) is 22.1 Å².